The first-order valence-electron chi connectivity index (χ1n) is 4.74. The molecular weight excluding hydrogens is 290 g/mol. The molecule has 0 amide bonds. The van der Waals surface area contributed by atoms with Crippen molar-refractivity contribution in [2.75, 3.05) is 0 Å². The fraction of sp³-hybridized carbons (Fsp3) is 0.333. The van der Waals surface area contributed by atoms with Crippen molar-refractivity contribution in [1.82, 2.24) is 20.4 Å². The number of halogens is 1. The summed E-state index contributed by atoms with van der Waals surface area (Å²) in [6.45, 7) is 0. The molecule has 2 heterocycles. The first-order chi connectivity index (χ1) is 7.72. The molecule has 1 unspecified atom stereocenters. The van der Waals surface area contributed by atoms with E-state index in [2.05, 4.69) is 48.5 Å². The molecule has 0 spiro atoms. The van der Waals surface area contributed by atoms with E-state index in [1.54, 1.807) is 16.0 Å². The fourth-order valence-corrected chi connectivity index (χ4v) is 2.87. The van der Waals surface area contributed by atoms with Gasteiger partial charge in [0, 0.05) is 7.05 Å². The minimum atomic E-state index is 0.00368. The van der Waals surface area contributed by atoms with E-state index in [4.69, 9.17) is 5.84 Å². The largest absolute Gasteiger partial charge is 0.271 e. The summed E-state index contributed by atoms with van der Waals surface area (Å²) in [7, 11) is 1.85. The topological polar surface area (TPSA) is 68.8 Å². The first-order valence-corrected chi connectivity index (χ1v) is 6.48. The Hall–Kier alpha value is -0.760. The van der Waals surface area contributed by atoms with Gasteiger partial charge in [-0.25, -0.2) is 4.68 Å². The minimum absolute atomic E-state index is 0.00368. The summed E-state index contributed by atoms with van der Waals surface area (Å²) < 4.78 is 2.45. The number of nitrogens with one attached hydrogen (secondary N) is 1. The molecule has 0 aliphatic rings. The lowest BCUT2D eigenvalue weighted by Crippen LogP contribution is -2.31. The molecule has 0 bridgehead atoms. The van der Waals surface area contributed by atoms with E-state index in [9.17, 15) is 0 Å². The highest BCUT2D eigenvalue weighted by Gasteiger charge is 2.19. The zero-order chi connectivity index (χ0) is 11.5. The predicted molar refractivity (Wildman–Crippen MR) is 66.8 cm³/mol. The van der Waals surface area contributed by atoms with Crippen molar-refractivity contribution in [3.8, 4) is 0 Å². The lowest BCUT2D eigenvalue weighted by Gasteiger charge is -2.15. The Morgan fingerprint density at radius 3 is 3.00 bits per heavy atom. The van der Waals surface area contributed by atoms with E-state index in [-0.39, 0.29) is 6.04 Å². The Bertz CT molecular complexity index is 433. The van der Waals surface area contributed by atoms with Crippen LogP contribution in [0.1, 0.15) is 17.3 Å². The highest BCUT2D eigenvalue weighted by molar-refractivity contribution is 9.10. The molecule has 1 atom stereocenters. The summed E-state index contributed by atoms with van der Waals surface area (Å²) in [6, 6.07) is 2.09. The molecule has 0 aromatic carbocycles. The van der Waals surface area contributed by atoms with Gasteiger partial charge < -0.3 is 0 Å². The Kier molecular flexibility index (Phi) is 3.70. The van der Waals surface area contributed by atoms with Gasteiger partial charge in [-0.3, -0.25) is 11.3 Å². The van der Waals surface area contributed by atoms with E-state index in [1.807, 2.05) is 7.05 Å². The second kappa shape index (κ2) is 5.05. The number of rotatable bonds is 4. The van der Waals surface area contributed by atoms with Crippen molar-refractivity contribution in [3.63, 3.8) is 0 Å². The maximum Gasteiger partial charge on any atom is 0.153 e. The van der Waals surface area contributed by atoms with Gasteiger partial charge in [0.15, 0.2) is 4.60 Å². The number of hydrazine groups is 1. The zero-order valence-corrected chi connectivity index (χ0v) is 11.1. The van der Waals surface area contributed by atoms with Gasteiger partial charge in [-0.1, -0.05) is 5.21 Å². The average Bonchev–Trinajstić information content (AvgIpc) is 2.87. The van der Waals surface area contributed by atoms with Crippen molar-refractivity contribution < 1.29 is 0 Å². The summed E-state index contributed by atoms with van der Waals surface area (Å²) in [6.07, 6.45) is 0.819. The Morgan fingerprint density at radius 2 is 2.50 bits per heavy atom. The number of aromatic nitrogens is 3. The molecule has 7 heteroatoms. The van der Waals surface area contributed by atoms with Crippen LogP contribution in [0, 0.1) is 0 Å². The highest BCUT2D eigenvalue weighted by atomic mass is 79.9. The molecule has 0 fully saturated rings. The van der Waals surface area contributed by atoms with Crippen LogP contribution in [0.2, 0.25) is 0 Å². The summed E-state index contributed by atoms with van der Waals surface area (Å²) in [5, 5.41) is 12.1. The van der Waals surface area contributed by atoms with Crippen LogP contribution in [0.5, 0.6) is 0 Å². The summed E-state index contributed by atoms with van der Waals surface area (Å²) >= 11 is 5.05. The molecule has 0 saturated heterocycles. The maximum absolute atomic E-state index is 5.58. The average molecular weight is 302 g/mol. The summed E-state index contributed by atoms with van der Waals surface area (Å²) in [4.78, 5) is 0. The van der Waals surface area contributed by atoms with Gasteiger partial charge in [0.1, 0.15) is 0 Å². The van der Waals surface area contributed by atoms with Crippen LogP contribution in [-0.4, -0.2) is 15.0 Å². The molecule has 3 N–H and O–H groups in total. The van der Waals surface area contributed by atoms with E-state index in [0.29, 0.717) is 0 Å². The Labute approximate surface area is 106 Å². The quantitative estimate of drug-likeness (QED) is 0.661. The van der Waals surface area contributed by atoms with E-state index in [1.165, 1.54) is 5.56 Å². The minimum Gasteiger partial charge on any atom is -0.271 e. The third-order valence-electron chi connectivity index (χ3n) is 2.38. The SMILES string of the molecule is Cn1nnc(Br)c1C(Cc1ccsc1)NN. The van der Waals surface area contributed by atoms with Crippen molar-refractivity contribution in [2.45, 2.75) is 12.5 Å². The first kappa shape index (κ1) is 11.7. The number of aryl methyl sites for hydroxylation is 1. The summed E-state index contributed by atoms with van der Waals surface area (Å²) in [5.74, 6) is 5.58. The van der Waals surface area contributed by atoms with Gasteiger partial charge >= 0.3 is 0 Å². The highest BCUT2D eigenvalue weighted by Crippen LogP contribution is 2.23. The molecule has 2 aromatic heterocycles. The van der Waals surface area contributed by atoms with Crippen LogP contribution >= 0.6 is 27.3 Å². The lowest BCUT2D eigenvalue weighted by atomic mass is 10.1. The van der Waals surface area contributed by atoms with Crippen LogP contribution in [0.15, 0.2) is 21.4 Å². The van der Waals surface area contributed by atoms with Crippen molar-refractivity contribution >= 4 is 27.3 Å². The fourth-order valence-electron chi connectivity index (χ4n) is 1.59. The number of hydrogen-bond acceptors (Lipinski definition) is 5. The van der Waals surface area contributed by atoms with Gasteiger partial charge in [-0.05, 0) is 44.7 Å². The van der Waals surface area contributed by atoms with E-state index >= 15 is 0 Å². The van der Waals surface area contributed by atoms with Crippen LogP contribution in [0.3, 0.4) is 0 Å². The van der Waals surface area contributed by atoms with Gasteiger partial charge in [0.05, 0.1) is 11.7 Å². The number of nitrogens with two attached hydrogens (primary N) is 1. The molecule has 0 aliphatic heterocycles. The van der Waals surface area contributed by atoms with Crippen molar-refractivity contribution in [1.29, 1.82) is 0 Å². The Morgan fingerprint density at radius 1 is 1.69 bits per heavy atom. The monoisotopic (exact) mass is 301 g/mol. The molecule has 5 nitrogen and oxygen atoms in total. The van der Waals surface area contributed by atoms with Gasteiger partial charge in [0.2, 0.25) is 0 Å². The van der Waals surface area contributed by atoms with E-state index in [0.717, 1.165) is 16.7 Å². The molecule has 86 valence electrons. The Balaban J connectivity index is 2.23. The third kappa shape index (κ3) is 2.32. The predicted octanol–water partition coefficient (Wildman–Crippen LogP) is 1.39. The van der Waals surface area contributed by atoms with Crippen molar-refractivity contribution in [3.05, 3.63) is 32.7 Å². The molecule has 16 heavy (non-hydrogen) atoms. The molecule has 0 saturated carbocycles. The third-order valence-corrected chi connectivity index (χ3v) is 3.67. The standard InChI is InChI=1S/C9H12BrN5S/c1-15-8(9(10)13-14-15)7(12-11)4-6-2-3-16-5-6/h2-3,5,7,12H,4,11H2,1H3. The van der Waals surface area contributed by atoms with Gasteiger partial charge in [0.25, 0.3) is 0 Å². The number of thiophene rings is 1. The molecule has 0 aliphatic carbocycles. The van der Waals surface area contributed by atoms with Crippen LogP contribution in [-0.2, 0) is 13.5 Å². The lowest BCUT2D eigenvalue weighted by molar-refractivity contribution is 0.506. The molecular formula is C9H12BrN5S. The molecule has 2 aromatic rings. The smallest absolute Gasteiger partial charge is 0.153 e. The van der Waals surface area contributed by atoms with Crippen LogP contribution < -0.4 is 11.3 Å². The second-order valence-corrected chi connectivity index (χ2v) is 4.98. The maximum atomic E-state index is 5.58. The number of hydrogen-bond donors (Lipinski definition) is 2. The normalized spacial score (nSPS) is 12.9. The van der Waals surface area contributed by atoms with E-state index < -0.39 is 0 Å². The molecule has 0 radical (unpaired) electrons. The van der Waals surface area contributed by atoms with Gasteiger partial charge in [-0.15, -0.1) is 5.10 Å². The van der Waals surface area contributed by atoms with Crippen LogP contribution in [0.25, 0.3) is 0 Å². The zero-order valence-electron chi connectivity index (χ0n) is 8.72. The number of nitrogens with zero attached hydrogens (tertiary/aromatic N) is 3. The van der Waals surface area contributed by atoms with Crippen molar-refractivity contribution in [2.24, 2.45) is 12.9 Å². The van der Waals surface area contributed by atoms with Crippen LogP contribution in [0.4, 0.5) is 0 Å². The van der Waals surface area contributed by atoms with Gasteiger partial charge in [-0.2, -0.15) is 11.3 Å². The molecule has 2 rings (SSSR count). The summed E-state index contributed by atoms with van der Waals surface area (Å²) in [5.41, 5.74) is 5.00. The second-order valence-electron chi connectivity index (χ2n) is 3.44.